The van der Waals surface area contributed by atoms with E-state index in [-0.39, 0.29) is 0 Å². The van der Waals surface area contributed by atoms with Crippen LogP contribution in [0.4, 0.5) is 5.69 Å². The third-order valence-electron chi connectivity index (χ3n) is 2.78. The highest BCUT2D eigenvalue weighted by atomic mass is 15.5. The van der Waals surface area contributed by atoms with E-state index in [1.807, 2.05) is 61.0 Å². The fourth-order valence-electron chi connectivity index (χ4n) is 1.77. The minimum absolute atomic E-state index is 0.936. The van der Waals surface area contributed by atoms with E-state index in [9.17, 15) is 0 Å². The van der Waals surface area contributed by atoms with Crippen LogP contribution in [0.15, 0.2) is 83.6 Å². The van der Waals surface area contributed by atoms with Crippen LogP contribution in [0.25, 0.3) is 0 Å². The summed E-state index contributed by atoms with van der Waals surface area (Å²) in [5.74, 6) is 0. The molecule has 3 rings (SSSR count). The number of hydrogen-bond acceptors (Lipinski definition) is 4. The van der Waals surface area contributed by atoms with Crippen molar-refractivity contribution in [1.82, 2.24) is 14.9 Å². The Bertz CT molecular complexity index is 678. The van der Waals surface area contributed by atoms with Gasteiger partial charge in [0, 0.05) is 23.6 Å². The number of aromatic nitrogens is 3. The smallest absolute Gasteiger partial charge is 0.139 e. The summed E-state index contributed by atoms with van der Waals surface area (Å²) in [4.78, 5) is 4.45. The zero-order valence-corrected chi connectivity index (χ0v) is 10.7. The van der Waals surface area contributed by atoms with Crippen LogP contribution in [0, 0.1) is 0 Å². The number of aliphatic imine (C=N–C) groups is 1. The molecular weight excluding hydrogens is 251 g/mol. The molecule has 0 amide bonds. The van der Waals surface area contributed by atoms with Gasteiger partial charge in [0.1, 0.15) is 12.7 Å². The van der Waals surface area contributed by atoms with Gasteiger partial charge in [-0.1, -0.05) is 36.4 Å². The van der Waals surface area contributed by atoms with Crippen molar-refractivity contribution in [2.45, 2.75) is 0 Å². The lowest BCUT2D eigenvalue weighted by atomic mass is 10.2. The third kappa shape index (κ3) is 2.89. The molecule has 0 fully saturated rings. The Balaban J connectivity index is 1.70. The summed E-state index contributed by atoms with van der Waals surface area (Å²) in [7, 11) is 0. The zero-order valence-electron chi connectivity index (χ0n) is 10.7. The SMILES string of the molecule is C1=C/C(=C\Nn2cnnc2)C(C=[15N]c2ccccc2)=C1. The Morgan fingerprint density at radius 2 is 1.90 bits per heavy atom. The number of para-hydroxylation sites is 1. The summed E-state index contributed by atoms with van der Waals surface area (Å²) in [5, 5.41) is 7.45. The summed E-state index contributed by atoms with van der Waals surface area (Å²) < 4.78 is 1.67. The largest absolute Gasteiger partial charge is 0.299 e. The lowest BCUT2D eigenvalue weighted by molar-refractivity contribution is 0.945. The minimum Gasteiger partial charge on any atom is -0.299 e. The number of benzene rings is 1. The number of hydrogen-bond donors (Lipinski definition) is 1. The maximum Gasteiger partial charge on any atom is 0.139 e. The van der Waals surface area contributed by atoms with Gasteiger partial charge in [0.2, 0.25) is 0 Å². The quantitative estimate of drug-likeness (QED) is 0.682. The molecule has 1 aliphatic rings. The fraction of sp³-hybridized carbons (Fsp3) is 0. The predicted molar refractivity (Wildman–Crippen MR) is 79.3 cm³/mol. The Morgan fingerprint density at radius 1 is 1.10 bits per heavy atom. The van der Waals surface area contributed by atoms with Crippen LogP contribution in [0.3, 0.4) is 0 Å². The van der Waals surface area contributed by atoms with Gasteiger partial charge in [0.05, 0.1) is 5.69 Å². The average Bonchev–Trinajstić information content (AvgIpc) is 3.15. The van der Waals surface area contributed by atoms with Crippen LogP contribution in [-0.4, -0.2) is 21.1 Å². The van der Waals surface area contributed by atoms with Crippen LogP contribution >= 0.6 is 0 Å². The molecule has 0 aliphatic heterocycles. The predicted octanol–water partition coefficient (Wildman–Crippen LogP) is 2.60. The maximum atomic E-state index is 4.45. The van der Waals surface area contributed by atoms with Crippen LogP contribution in [0.1, 0.15) is 0 Å². The van der Waals surface area contributed by atoms with Crippen LogP contribution in [-0.2, 0) is 0 Å². The second-order valence-corrected chi connectivity index (χ2v) is 4.17. The number of rotatable bonds is 4. The second kappa shape index (κ2) is 5.79. The number of allylic oxidation sites excluding steroid dienone is 5. The van der Waals surface area contributed by atoms with Crippen molar-refractivity contribution >= 4 is 11.9 Å². The summed E-state index contributed by atoms with van der Waals surface area (Å²) in [6.45, 7) is 0. The van der Waals surface area contributed by atoms with E-state index in [0.29, 0.717) is 0 Å². The molecular formula is C15H13N5. The molecule has 0 bridgehead atoms. The molecule has 0 radical (unpaired) electrons. The number of nitrogens with one attached hydrogen (secondary N) is 1. The topological polar surface area (TPSA) is 55.1 Å². The molecule has 1 heterocycles. The van der Waals surface area contributed by atoms with Gasteiger partial charge in [-0.15, -0.1) is 10.2 Å². The molecule has 98 valence electrons. The molecule has 5 heteroatoms. The van der Waals surface area contributed by atoms with Crippen molar-refractivity contribution in [2.75, 3.05) is 5.43 Å². The minimum atomic E-state index is 0.936. The van der Waals surface area contributed by atoms with E-state index < -0.39 is 0 Å². The van der Waals surface area contributed by atoms with Crippen molar-refractivity contribution in [3.05, 3.63) is 78.6 Å². The standard InChI is InChI=1S/C15H13N5/c1-2-7-15(8-3-1)16-9-13-5-4-6-14(13)10-19-20-11-17-18-12-20/h1-12,19H/b14-10+,16-9?/i16+1. The van der Waals surface area contributed by atoms with Crippen LogP contribution in [0.5, 0.6) is 0 Å². The van der Waals surface area contributed by atoms with Gasteiger partial charge in [-0.25, -0.2) is 4.68 Å². The molecule has 5 nitrogen and oxygen atoms in total. The van der Waals surface area contributed by atoms with Crippen molar-refractivity contribution in [1.29, 1.82) is 0 Å². The molecule has 1 N–H and O–H groups in total. The van der Waals surface area contributed by atoms with E-state index in [4.69, 9.17) is 0 Å². The molecule has 0 spiro atoms. The van der Waals surface area contributed by atoms with Gasteiger partial charge in [-0.3, -0.25) is 10.4 Å². The van der Waals surface area contributed by atoms with E-state index >= 15 is 0 Å². The monoisotopic (exact) mass is 264 g/mol. The van der Waals surface area contributed by atoms with Gasteiger partial charge in [0.25, 0.3) is 0 Å². The molecule has 0 saturated heterocycles. The maximum absolute atomic E-state index is 4.45. The molecule has 1 aliphatic carbocycles. The van der Waals surface area contributed by atoms with Crippen molar-refractivity contribution in [3.8, 4) is 0 Å². The molecule has 0 saturated carbocycles. The molecule has 2 aromatic rings. The summed E-state index contributed by atoms with van der Waals surface area (Å²) >= 11 is 0. The Kier molecular flexibility index (Phi) is 3.51. The highest BCUT2D eigenvalue weighted by Crippen LogP contribution is 2.18. The zero-order chi connectivity index (χ0) is 13.6. The molecule has 1 aromatic heterocycles. The van der Waals surface area contributed by atoms with Crippen molar-refractivity contribution in [3.63, 3.8) is 0 Å². The lowest BCUT2D eigenvalue weighted by Crippen LogP contribution is -2.06. The van der Waals surface area contributed by atoms with E-state index in [2.05, 4.69) is 20.6 Å². The van der Waals surface area contributed by atoms with E-state index in [1.165, 1.54) is 0 Å². The molecule has 1 aromatic carbocycles. The fourth-order valence-corrected chi connectivity index (χ4v) is 1.77. The van der Waals surface area contributed by atoms with Gasteiger partial charge in [0.15, 0.2) is 0 Å². The molecule has 0 unspecified atom stereocenters. The van der Waals surface area contributed by atoms with Crippen molar-refractivity contribution in [2.24, 2.45) is 4.99 Å². The first-order valence-electron chi connectivity index (χ1n) is 6.21. The third-order valence-corrected chi connectivity index (χ3v) is 2.78. The first-order valence-corrected chi connectivity index (χ1v) is 6.21. The second-order valence-electron chi connectivity index (χ2n) is 4.17. The summed E-state index contributed by atoms with van der Waals surface area (Å²) in [6.07, 6.45) is 13.0. The van der Waals surface area contributed by atoms with Gasteiger partial charge in [-0.2, -0.15) is 0 Å². The Morgan fingerprint density at radius 3 is 2.70 bits per heavy atom. The Labute approximate surface area is 116 Å². The normalized spacial score (nSPS) is 16.0. The lowest BCUT2D eigenvalue weighted by Gasteiger charge is -2.02. The first kappa shape index (κ1) is 12.1. The average molecular weight is 264 g/mol. The highest BCUT2D eigenvalue weighted by Gasteiger charge is 2.03. The summed E-state index contributed by atoms with van der Waals surface area (Å²) in [6, 6.07) is 9.86. The molecule has 20 heavy (non-hydrogen) atoms. The highest BCUT2D eigenvalue weighted by molar-refractivity contribution is 5.89. The van der Waals surface area contributed by atoms with Crippen molar-refractivity contribution < 1.29 is 0 Å². The van der Waals surface area contributed by atoms with Gasteiger partial charge in [-0.05, 0) is 12.1 Å². The van der Waals surface area contributed by atoms with E-state index in [1.54, 1.807) is 17.3 Å². The number of nitrogens with zero attached hydrogens (tertiary/aromatic N) is 4. The Hall–Kier alpha value is -2.95. The van der Waals surface area contributed by atoms with E-state index in [0.717, 1.165) is 16.8 Å². The van der Waals surface area contributed by atoms with Crippen LogP contribution < -0.4 is 5.43 Å². The van der Waals surface area contributed by atoms with Crippen LogP contribution in [0.2, 0.25) is 0 Å². The molecule has 0 atom stereocenters. The summed E-state index contributed by atoms with van der Waals surface area (Å²) in [5.41, 5.74) is 6.11. The van der Waals surface area contributed by atoms with Gasteiger partial charge >= 0.3 is 0 Å². The first-order chi connectivity index (χ1) is 9.92. The van der Waals surface area contributed by atoms with Gasteiger partial charge < -0.3 is 0 Å².